The Hall–Kier alpha value is -2.93. The molecule has 0 unspecified atom stereocenters. The molecule has 2 aromatic carbocycles. The minimum absolute atomic E-state index is 0.0246. The van der Waals surface area contributed by atoms with Gasteiger partial charge in [-0.1, -0.05) is 48.0 Å². The summed E-state index contributed by atoms with van der Waals surface area (Å²) < 4.78 is 31.5. The molecule has 0 spiro atoms. The molecule has 1 amide bonds. The van der Waals surface area contributed by atoms with Gasteiger partial charge in [0, 0.05) is 17.5 Å². The molecule has 6 nitrogen and oxygen atoms in total. The molecule has 3 aromatic rings. The van der Waals surface area contributed by atoms with E-state index in [1.54, 1.807) is 19.1 Å². The normalized spacial score (nSPS) is 11.3. The molecule has 26 heavy (non-hydrogen) atoms. The van der Waals surface area contributed by atoms with Crippen molar-refractivity contribution >= 4 is 15.9 Å². The summed E-state index contributed by atoms with van der Waals surface area (Å²) in [6.45, 7) is 3.58. The van der Waals surface area contributed by atoms with Gasteiger partial charge in [0.25, 0.3) is 10.0 Å². The van der Waals surface area contributed by atoms with E-state index in [1.165, 1.54) is 18.4 Å². The number of carbonyl (C=O) groups excluding carboxylic acids is 1. The lowest BCUT2D eigenvalue weighted by atomic mass is 10.0. The van der Waals surface area contributed by atoms with Crippen molar-refractivity contribution < 1.29 is 17.7 Å². The highest BCUT2D eigenvalue weighted by atomic mass is 32.2. The van der Waals surface area contributed by atoms with Crippen molar-refractivity contribution in [2.75, 3.05) is 0 Å². The maximum absolute atomic E-state index is 12.2. The van der Waals surface area contributed by atoms with E-state index in [1.807, 2.05) is 35.9 Å². The Morgan fingerprint density at radius 3 is 2.50 bits per heavy atom. The number of sulfonamides is 1. The monoisotopic (exact) mass is 370 g/mol. The van der Waals surface area contributed by atoms with Gasteiger partial charge in [-0.25, -0.2) is 13.1 Å². The predicted octanol–water partition coefficient (Wildman–Crippen LogP) is 3.53. The molecule has 0 fully saturated rings. The minimum atomic E-state index is -3.86. The summed E-state index contributed by atoms with van der Waals surface area (Å²) in [6, 6.07) is 14.1. The molecule has 0 saturated carbocycles. The van der Waals surface area contributed by atoms with E-state index in [-0.39, 0.29) is 11.3 Å². The molecule has 0 aliphatic carbocycles. The lowest BCUT2D eigenvalue weighted by Crippen LogP contribution is -2.29. The Morgan fingerprint density at radius 1 is 1.12 bits per heavy atom. The molecule has 0 bridgehead atoms. The van der Waals surface area contributed by atoms with E-state index < -0.39 is 15.9 Å². The van der Waals surface area contributed by atoms with Gasteiger partial charge >= 0.3 is 0 Å². The molecule has 0 atom stereocenters. The Kier molecular flexibility index (Phi) is 4.90. The van der Waals surface area contributed by atoms with Crippen LogP contribution in [0.5, 0.6) is 0 Å². The maximum atomic E-state index is 12.2. The highest BCUT2D eigenvalue weighted by Crippen LogP contribution is 2.31. The van der Waals surface area contributed by atoms with Crippen LogP contribution < -0.4 is 4.72 Å². The zero-order chi connectivity index (χ0) is 18.7. The van der Waals surface area contributed by atoms with Crippen molar-refractivity contribution in [3.63, 3.8) is 0 Å². The van der Waals surface area contributed by atoms with Crippen LogP contribution in [-0.4, -0.2) is 19.5 Å². The molecule has 0 aliphatic heterocycles. The summed E-state index contributed by atoms with van der Waals surface area (Å²) >= 11 is 0. The Labute approximate surface area is 151 Å². The summed E-state index contributed by atoms with van der Waals surface area (Å²) in [7, 11) is -3.86. The Bertz CT molecular complexity index is 1040. The zero-order valence-corrected chi connectivity index (χ0v) is 15.2. The highest BCUT2D eigenvalue weighted by molar-refractivity contribution is 7.90. The fraction of sp³-hybridized carbons (Fsp3) is 0.158. The van der Waals surface area contributed by atoms with Crippen molar-refractivity contribution in [3.8, 4) is 22.4 Å². The molecule has 0 aliphatic rings. The van der Waals surface area contributed by atoms with Crippen LogP contribution in [0.1, 0.15) is 18.9 Å². The average Bonchev–Trinajstić information content (AvgIpc) is 3.11. The molecular formula is C19H18N2O4S. The second-order valence-electron chi connectivity index (χ2n) is 5.85. The molecule has 1 aromatic heterocycles. The zero-order valence-electron chi connectivity index (χ0n) is 14.4. The van der Waals surface area contributed by atoms with E-state index in [4.69, 9.17) is 4.52 Å². The third-order valence-corrected chi connectivity index (χ3v) is 5.30. The first-order chi connectivity index (χ1) is 12.4. The molecule has 7 heteroatoms. The summed E-state index contributed by atoms with van der Waals surface area (Å²) in [4.78, 5) is 11.4. The predicted molar refractivity (Wildman–Crippen MR) is 97.7 cm³/mol. The van der Waals surface area contributed by atoms with Gasteiger partial charge in [0.1, 0.15) is 12.0 Å². The molecule has 1 N–H and O–H groups in total. The number of hydrogen-bond acceptors (Lipinski definition) is 5. The minimum Gasteiger partial charge on any atom is -0.363 e. The first-order valence-electron chi connectivity index (χ1n) is 8.08. The number of benzene rings is 2. The average molecular weight is 370 g/mol. The molecule has 3 rings (SSSR count). The van der Waals surface area contributed by atoms with Gasteiger partial charge in [0.2, 0.25) is 5.91 Å². The van der Waals surface area contributed by atoms with E-state index in [0.29, 0.717) is 5.69 Å². The SMILES string of the molecule is CCC(=O)NS(=O)(=O)c1ccc(-c2conc2-c2cccc(C)c2)cc1. The summed E-state index contributed by atoms with van der Waals surface area (Å²) in [5.74, 6) is -0.546. The number of aryl methyl sites for hydroxylation is 1. The number of nitrogens with one attached hydrogen (secondary N) is 1. The number of nitrogens with zero attached hydrogens (tertiary/aromatic N) is 1. The van der Waals surface area contributed by atoms with Gasteiger partial charge in [-0.05, 0) is 30.7 Å². The van der Waals surface area contributed by atoms with Crippen LogP contribution in [0, 0.1) is 6.92 Å². The van der Waals surface area contributed by atoms with Crippen LogP contribution in [0.15, 0.2) is 64.2 Å². The van der Waals surface area contributed by atoms with Crippen molar-refractivity contribution in [2.45, 2.75) is 25.2 Å². The third kappa shape index (κ3) is 3.67. The van der Waals surface area contributed by atoms with E-state index in [2.05, 4.69) is 5.16 Å². The lowest BCUT2D eigenvalue weighted by Gasteiger charge is -2.07. The second kappa shape index (κ2) is 7.13. The van der Waals surface area contributed by atoms with E-state index in [0.717, 1.165) is 22.3 Å². The van der Waals surface area contributed by atoms with Crippen molar-refractivity contribution in [1.29, 1.82) is 0 Å². The Balaban J connectivity index is 1.94. The fourth-order valence-corrected chi connectivity index (χ4v) is 3.59. The van der Waals surface area contributed by atoms with Gasteiger partial charge < -0.3 is 4.52 Å². The fourth-order valence-electron chi connectivity index (χ4n) is 2.54. The maximum Gasteiger partial charge on any atom is 0.264 e. The molecule has 134 valence electrons. The highest BCUT2D eigenvalue weighted by Gasteiger charge is 2.18. The van der Waals surface area contributed by atoms with Crippen molar-refractivity contribution in [3.05, 3.63) is 60.4 Å². The first kappa shape index (κ1) is 17.9. The second-order valence-corrected chi connectivity index (χ2v) is 7.54. The van der Waals surface area contributed by atoms with E-state index >= 15 is 0 Å². The number of rotatable bonds is 5. The largest absolute Gasteiger partial charge is 0.363 e. The van der Waals surface area contributed by atoms with Crippen LogP contribution in [0.3, 0.4) is 0 Å². The van der Waals surface area contributed by atoms with Gasteiger partial charge in [-0.15, -0.1) is 0 Å². The molecular weight excluding hydrogens is 352 g/mol. The summed E-state index contributed by atoms with van der Waals surface area (Å²) in [5.41, 5.74) is 4.23. The van der Waals surface area contributed by atoms with Crippen LogP contribution in [0.25, 0.3) is 22.4 Å². The lowest BCUT2D eigenvalue weighted by molar-refractivity contribution is -0.119. The van der Waals surface area contributed by atoms with Gasteiger partial charge in [0.15, 0.2) is 0 Å². The van der Waals surface area contributed by atoms with Crippen LogP contribution in [0.2, 0.25) is 0 Å². The van der Waals surface area contributed by atoms with Gasteiger partial charge in [-0.2, -0.15) is 0 Å². The van der Waals surface area contributed by atoms with Gasteiger partial charge in [0.05, 0.1) is 4.90 Å². The van der Waals surface area contributed by atoms with Crippen LogP contribution >= 0.6 is 0 Å². The Morgan fingerprint density at radius 2 is 1.85 bits per heavy atom. The third-order valence-electron chi connectivity index (χ3n) is 3.91. The molecule has 0 radical (unpaired) electrons. The van der Waals surface area contributed by atoms with Crippen molar-refractivity contribution in [2.24, 2.45) is 0 Å². The first-order valence-corrected chi connectivity index (χ1v) is 9.56. The summed E-state index contributed by atoms with van der Waals surface area (Å²) in [6.07, 6.45) is 1.62. The number of carbonyl (C=O) groups is 1. The van der Waals surface area contributed by atoms with Crippen LogP contribution in [0.4, 0.5) is 0 Å². The standard InChI is InChI=1S/C19H18N2O4S/c1-3-18(22)21-26(23,24)16-9-7-14(8-10-16)17-12-25-20-19(17)15-6-4-5-13(2)11-15/h4-12H,3H2,1-2H3,(H,21,22). The molecule has 1 heterocycles. The van der Waals surface area contributed by atoms with Crippen molar-refractivity contribution in [1.82, 2.24) is 9.88 Å². The smallest absolute Gasteiger partial charge is 0.264 e. The van der Waals surface area contributed by atoms with Gasteiger partial charge in [-0.3, -0.25) is 4.79 Å². The quantitative estimate of drug-likeness (QED) is 0.742. The summed E-state index contributed by atoms with van der Waals surface area (Å²) in [5, 5.41) is 4.08. The van der Waals surface area contributed by atoms with E-state index in [9.17, 15) is 13.2 Å². The molecule has 0 saturated heterocycles. The number of amides is 1. The van der Waals surface area contributed by atoms with Crippen LogP contribution in [-0.2, 0) is 14.8 Å². The number of aromatic nitrogens is 1. The number of hydrogen-bond donors (Lipinski definition) is 1. The topological polar surface area (TPSA) is 89.3 Å².